The lowest BCUT2D eigenvalue weighted by atomic mass is 10.0. The molecule has 0 fully saturated rings. The summed E-state index contributed by atoms with van der Waals surface area (Å²) in [6.45, 7) is 3.99. The largest absolute Gasteiger partial charge is 0.337 e. The van der Waals surface area contributed by atoms with E-state index in [0.29, 0.717) is 11.5 Å². The molecular formula is C13H15F2N3O. The number of hydrogen-bond donors (Lipinski definition) is 1. The molecule has 1 aromatic carbocycles. The third-order valence-electron chi connectivity index (χ3n) is 3.16. The maximum Gasteiger partial charge on any atom is 0.244 e. The molecule has 0 saturated carbocycles. The summed E-state index contributed by atoms with van der Waals surface area (Å²) in [4.78, 5) is 4.13. The third-order valence-corrected chi connectivity index (χ3v) is 3.16. The summed E-state index contributed by atoms with van der Waals surface area (Å²) < 4.78 is 31.0. The molecule has 1 aromatic heterocycles. The molecule has 6 heteroatoms. The van der Waals surface area contributed by atoms with Crippen molar-refractivity contribution in [1.29, 1.82) is 0 Å². The van der Waals surface area contributed by atoms with Crippen molar-refractivity contribution >= 4 is 0 Å². The molecule has 1 heterocycles. The van der Waals surface area contributed by atoms with E-state index in [1.165, 1.54) is 6.07 Å². The van der Waals surface area contributed by atoms with Crippen LogP contribution in [0.25, 0.3) is 11.4 Å². The van der Waals surface area contributed by atoms with Crippen molar-refractivity contribution in [3.8, 4) is 11.4 Å². The Labute approximate surface area is 109 Å². The van der Waals surface area contributed by atoms with Gasteiger partial charge in [-0.3, -0.25) is 0 Å². The number of nitrogens with zero attached hydrogens (tertiary/aromatic N) is 2. The van der Waals surface area contributed by atoms with Crippen LogP contribution in [-0.4, -0.2) is 10.1 Å². The summed E-state index contributed by atoms with van der Waals surface area (Å²) in [6.07, 6.45) is 0.879. The van der Waals surface area contributed by atoms with E-state index in [1.807, 2.05) is 13.8 Å². The van der Waals surface area contributed by atoms with Gasteiger partial charge in [0.25, 0.3) is 0 Å². The van der Waals surface area contributed by atoms with Gasteiger partial charge in [-0.1, -0.05) is 25.4 Å². The summed E-state index contributed by atoms with van der Waals surface area (Å²) in [5.41, 5.74) is 6.32. The van der Waals surface area contributed by atoms with Gasteiger partial charge in [0.05, 0.1) is 6.04 Å². The van der Waals surface area contributed by atoms with Crippen molar-refractivity contribution in [2.75, 3.05) is 0 Å². The average Bonchev–Trinajstić information content (AvgIpc) is 2.89. The smallest absolute Gasteiger partial charge is 0.244 e. The second-order valence-corrected chi connectivity index (χ2v) is 4.50. The lowest BCUT2D eigenvalue weighted by molar-refractivity contribution is 0.312. The molecule has 2 atom stereocenters. The van der Waals surface area contributed by atoms with E-state index in [1.54, 1.807) is 0 Å². The Kier molecular flexibility index (Phi) is 3.90. The van der Waals surface area contributed by atoms with Crippen LogP contribution in [0.15, 0.2) is 22.7 Å². The molecule has 2 rings (SSSR count). The first-order chi connectivity index (χ1) is 9.02. The minimum absolute atomic E-state index is 0.193. The van der Waals surface area contributed by atoms with Crippen LogP contribution >= 0.6 is 0 Å². The quantitative estimate of drug-likeness (QED) is 0.924. The molecule has 0 amide bonds. The molecule has 4 nitrogen and oxygen atoms in total. The van der Waals surface area contributed by atoms with Crippen LogP contribution < -0.4 is 5.73 Å². The Morgan fingerprint density at radius 1 is 1.32 bits per heavy atom. The highest BCUT2D eigenvalue weighted by molar-refractivity contribution is 5.54. The van der Waals surface area contributed by atoms with E-state index < -0.39 is 11.6 Å². The fourth-order valence-electron chi connectivity index (χ4n) is 1.62. The van der Waals surface area contributed by atoms with Crippen LogP contribution in [0.4, 0.5) is 8.78 Å². The molecule has 2 unspecified atom stereocenters. The fourth-order valence-corrected chi connectivity index (χ4v) is 1.62. The molecule has 0 radical (unpaired) electrons. The predicted molar refractivity (Wildman–Crippen MR) is 66.0 cm³/mol. The first-order valence-corrected chi connectivity index (χ1v) is 6.07. The molecule has 0 aliphatic carbocycles. The molecule has 2 N–H and O–H groups in total. The zero-order chi connectivity index (χ0) is 14.0. The van der Waals surface area contributed by atoms with Gasteiger partial charge in [0.2, 0.25) is 11.7 Å². The predicted octanol–water partition coefficient (Wildman–Crippen LogP) is 3.06. The Morgan fingerprint density at radius 3 is 2.68 bits per heavy atom. The van der Waals surface area contributed by atoms with Crippen LogP contribution in [-0.2, 0) is 0 Å². The molecule has 102 valence electrons. The summed E-state index contributed by atoms with van der Waals surface area (Å²) >= 11 is 0. The van der Waals surface area contributed by atoms with Gasteiger partial charge in [0.1, 0.15) is 0 Å². The van der Waals surface area contributed by atoms with Gasteiger partial charge in [-0.2, -0.15) is 4.98 Å². The third kappa shape index (κ3) is 2.78. The van der Waals surface area contributed by atoms with Crippen LogP contribution in [0.5, 0.6) is 0 Å². The summed E-state index contributed by atoms with van der Waals surface area (Å²) in [5.74, 6) is -1.17. The Hall–Kier alpha value is -1.82. The van der Waals surface area contributed by atoms with Crippen molar-refractivity contribution in [2.24, 2.45) is 11.7 Å². The number of aromatic nitrogens is 2. The van der Waals surface area contributed by atoms with Gasteiger partial charge < -0.3 is 10.3 Å². The second-order valence-electron chi connectivity index (χ2n) is 4.50. The summed E-state index contributed by atoms with van der Waals surface area (Å²) in [5, 5.41) is 3.74. The number of hydrogen-bond acceptors (Lipinski definition) is 4. The topological polar surface area (TPSA) is 64.9 Å². The van der Waals surface area contributed by atoms with Gasteiger partial charge in [-0.05, 0) is 24.1 Å². The molecular weight excluding hydrogens is 252 g/mol. The lowest BCUT2D eigenvalue weighted by Crippen LogP contribution is -2.18. The molecule has 0 aliphatic rings. The first-order valence-electron chi connectivity index (χ1n) is 6.07. The molecule has 0 aliphatic heterocycles. The lowest BCUT2D eigenvalue weighted by Gasteiger charge is -2.12. The van der Waals surface area contributed by atoms with E-state index >= 15 is 0 Å². The van der Waals surface area contributed by atoms with E-state index in [2.05, 4.69) is 10.1 Å². The van der Waals surface area contributed by atoms with E-state index in [0.717, 1.165) is 18.6 Å². The first kappa shape index (κ1) is 13.6. The van der Waals surface area contributed by atoms with Crippen molar-refractivity contribution < 1.29 is 13.3 Å². The molecule has 0 bridgehead atoms. The van der Waals surface area contributed by atoms with Crippen molar-refractivity contribution in [2.45, 2.75) is 26.3 Å². The van der Waals surface area contributed by atoms with Gasteiger partial charge >= 0.3 is 0 Å². The average molecular weight is 267 g/mol. The number of nitrogens with two attached hydrogens (primary N) is 1. The fraction of sp³-hybridized carbons (Fsp3) is 0.385. The second kappa shape index (κ2) is 5.44. The zero-order valence-corrected chi connectivity index (χ0v) is 10.7. The SMILES string of the molecule is CCC(C)C(N)c1nc(-c2ccc(F)c(F)c2)no1. The molecule has 2 aromatic rings. The standard InChI is InChI=1S/C13H15F2N3O/c1-3-7(2)11(16)13-17-12(18-19-13)8-4-5-9(14)10(15)6-8/h4-7,11H,3,16H2,1-2H3. The number of halogens is 2. The maximum atomic E-state index is 13.1. The molecule has 19 heavy (non-hydrogen) atoms. The number of benzene rings is 1. The highest BCUT2D eigenvalue weighted by atomic mass is 19.2. The highest BCUT2D eigenvalue weighted by Gasteiger charge is 2.20. The Bertz CT molecular complexity index is 571. The highest BCUT2D eigenvalue weighted by Crippen LogP contribution is 2.24. The van der Waals surface area contributed by atoms with Crippen LogP contribution in [0, 0.1) is 17.6 Å². The summed E-state index contributed by atoms with van der Waals surface area (Å²) in [6, 6.07) is 3.08. The van der Waals surface area contributed by atoms with Crippen molar-refractivity contribution in [1.82, 2.24) is 10.1 Å². The van der Waals surface area contributed by atoms with E-state index in [-0.39, 0.29) is 17.8 Å². The maximum absolute atomic E-state index is 13.1. The Balaban J connectivity index is 2.27. The molecule has 0 spiro atoms. The normalized spacial score (nSPS) is 14.4. The Morgan fingerprint density at radius 2 is 2.05 bits per heavy atom. The van der Waals surface area contributed by atoms with Gasteiger partial charge in [-0.25, -0.2) is 8.78 Å². The van der Waals surface area contributed by atoms with Crippen LogP contribution in [0.1, 0.15) is 32.2 Å². The number of rotatable bonds is 4. The minimum Gasteiger partial charge on any atom is -0.337 e. The van der Waals surface area contributed by atoms with Gasteiger partial charge in [-0.15, -0.1) is 0 Å². The van der Waals surface area contributed by atoms with Crippen LogP contribution in [0.2, 0.25) is 0 Å². The zero-order valence-electron chi connectivity index (χ0n) is 10.7. The molecule has 0 saturated heterocycles. The van der Waals surface area contributed by atoms with Gasteiger partial charge in [0.15, 0.2) is 11.6 Å². The van der Waals surface area contributed by atoms with E-state index in [4.69, 9.17) is 10.3 Å². The van der Waals surface area contributed by atoms with Crippen molar-refractivity contribution in [3.63, 3.8) is 0 Å². The van der Waals surface area contributed by atoms with Gasteiger partial charge in [0, 0.05) is 5.56 Å². The monoisotopic (exact) mass is 267 g/mol. The van der Waals surface area contributed by atoms with Crippen LogP contribution in [0.3, 0.4) is 0 Å². The summed E-state index contributed by atoms with van der Waals surface area (Å²) in [7, 11) is 0. The minimum atomic E-state index is -0.949. The van der Waals surface area contributed by atoms with E-state index in [9.17, 15) is 8.78 Å². The van der Waals surface area contributed by atoms with Crippen molar-refractivity contribution in [3.05, 3.63) is 35.7 Å².